The Kier molecular flexibility index (Phi) is 5.09. The third-order valence-electron chi connectivity index (χ3n) is 2.66. The molecule has 18 heavy (non-hydrogen) atoms. The van der Waals surface area contributed by atoms with Crippen molar-refractivity contribution in [3.8, 4) is 0 Å². The second-order valence-corrected chi connectivity index (χ2v) is 4.01. The van der Waals surface area contributed by atoms with Gasteiger partial charge in [0.15, 0.2) is 5.78 Å². The van der Waals surface area contributed by atoms with E-state index in [-0.39, 0.29) is 12.4 Å². The van der Waals surface area contributed by atoms with Gasteiger partial charge in [0.05, 0.1) is 6.61 Å². The molecular weight excluding hydrogens is 234 g/mol. The molecule has 0 aliphatic heterocycles. The van der Waals surface area contributed by atoms with Gasteiger partial charge in [-0.3, -0.25) is 4.79 Å². The summed E-state index contributed by atoms with van der Waals surface area (Å²) in [4.78, 5) is 26.1. The average Bonchev–Trinajstić information content (AvgIpc) is 2.60. The van der Waals surface area contributed by atoms with Crippen LogP contribution in [0.1, 0.15) is 46.0 Å². The Balaban J connectivity index is 2.75. The summed E-state index contributed by atoms with van der Waals surface area (Å²) in [6.45, 7) is 8.03. The summed E-state index contributed by atoms with van der Waals surface area (Å²) < 4.78 is 10.1. The standard InChI is InChI=1S/C13H19NO4/c1-5-17-6-7-18-13(16)12-8(2)11(10(4)15)9(3)14-12/h14H,5-7H2,1-4H3. The number of esters is 1. The number of carbonyl (C=O) groups excluding carboxylic acids is 2. The molecule has 0 aromatic carbocycles. The maximum atomic E-state index is 11.8. The Labute approximate surface area is 106 Å². The maximum absolute atomic E-state index is 11.8. The van der Waals surface area contributed by atoms with Crippen molar-refractivity contribution in [2.75, 3.05) is 19.8 Å². The van der Waals surface area contributed by atoms with Gasteiger partial charge in [-0.05, 0) is 33.3 Å². The summed E-state index contributed by atoms with van der Waals surface area (Å²) in [5.41, 5.74) is 2.24. The summed E-state index contributed by atoms with van der Waals surface area (Å²) in [6, 6.07) is 0. The highest BCUT2D eigenvalue weighted by Gasteiger charge is 2.20. The number of rotatable bonds is 6. The third-order valence-corrected chi connectivity index (χ3v) is 2.66. The van der Waals surface area contributed by atoms with E-state index in [9.17, 15) is 9.59 Å². The lowest BCUT2D eigenvalue weighted by molar-refractivity contribution is 0.0329. The zero-order valence-corrected chi connectivity index (χ0v) is 11.3. The van der Waals surface area contributed by atoms with E-state index in [1.54, 1.807) is 13.8 Å². The normalized spacial score (nSPS) is 10.4. The highest BCUT2D eigenvalue weighted by Crippen LogP contribution is 2.19. The van der Waals surface area contributed by atoms with E-state index < -0.39 is 5.97 Å². The summed E-state index contributed by atoms with van der Waals surface area (Å²) in [5.74, 6) is -0.516. The summed E-state index contributed by atoms with van der Waals surface area (Å²) >= 11 is 0. The number of H-pyrrole nitrogens is 1. The lowest BCUT2D eigenvalue weighted by Crippen LogP contribution is -2.12. The molecule has 1 heterocycles. The van der Waals surface area contributed by atoms with Crippen molar-refractivity contribution in [2.24, 2.45) is 0 Å². The van der Waals surface area contributed by atoms with Crippen molar-refractivity contribution in [3.63, 3.8) is 0 Å². The molecule has 1 rings (SSSR count). The average molecular weight is 253 g/mol. The number of ether oxygens (including phenoxy) is 2. The van der Waals surface area contributed by atoms with Gasteiger partial charge in [0.25, 0.3) is 0 Å². The Hall–Kier alpha value is -1.62. The van der Waals surface area contributed by atoms with Crippen LogP contribution in [0.4, 0.5) is 0 Å². The molecule has 100 valence electrons. The fourth-order valence-electron chi connectivity index (χ4n) is 1.89. The Morgan fingerprint density at radius 1 is 1.22 bits per heavy atom. The van der Waals surface area contributed by atoms with Crippen LogP contribution in [0.3, 0.4) is 0 Å². The molecule has 0 aliphatic rings. The molecule has 0 saturated carbocycles. The van der Waals surface area contributed by atoms with Crippen LogP contribution in [0.5, 0.6) is 0 Å². The van der Waals surface area contributed by atoms with Gasteiger partial charge in [-0.1, -0.05) is 0 Å². The number of carbonyl (C=O) groups is 2. The summed E-state index contributed by atoms with van der Waals surface area (Å²) in [6.07, 6.45) is 0. The zero-order chi connectivity index (χ0) is 13.7. The van der Waals surface area contributed by atoms with Crippen molar-refractivity contribution in [1.29, 1.82) is 0 Å². The van der Waals surface area contributed by atoms with Crippen molar-refractivity contribution in [1.82, 2.24) is 4.98 Å². The van der Waals surface area contributed by atoms with Gasteiger partial charge in [-0.2, -0.15) is 0 Å². The van der Waals surface area contributed by atoms with Gasteiger partial charge in [0.1, 0.15) is 12.3 Å². The minimum atomic E-state index is -0.456. The van der Waals surface area contributed by atoms with Gasteiger partial charge in [0, 0.05) is 17.9 Å². The molecule has 0 spiro atoms. The highest BCUT2D eigenvalue weighted by molar-refractivity contribution is 6.01. The van der Waals surface area contributed by atoms with E-state index in [0.29, 0.717) is 35.7 Å². The van der Waals surface area contributed by atoms with Crippen LogP contribution in [0.25, 0.3) is 0 Å². The van der Waals surface area contributed by atoms with Gasteiger partial charge in [-0.25, -0.2) is 4.79 Å². The summed E-state index contributed by atoms with van der Waals surface area (Å²) in [7, 11) is 0. The highest BCUT2D eigenvalue weighted by atomic mass is 16.6. The van der Waals surface area contributed by atoms with Gasteiger partial charge in [-0.15, -0.1) is 0 Å². The predicted octanol–water partition coefficient (Wildman–Crippen LogP) is 2.03. The lowest BCUT2D eigenvalue weighted by Gasteiger charge is -2.04. The molecule has 5 nitrogen and oxygen atoms in total. The van der Waals surface area contributed by atoms with Crippen molar-refractivity contribution < 1.29 is 19.1 Å². The SMILES string of the molecule is CCOCCOC(=O)c1[nH]c(C)c(C(C)=O)c1C. The number of aryl methyl sites for hydroxylation is 1. The van der Waals surface area contributed by atoms with Gasteiger partial charge >= 0.3 is 5.97 Å². The van der Waals surface area contributed by atoms with E-state index >= 15 is 0 Å². The summed E-state index contributed by atoms with van der Waals surface area (Å²) in [5, 5.41) is 0. The van der Waals surface area contributed by atoms with Crippen molar-refractivity contribution in [3.05, 3.63) is 22.5 Å². The quantitative estimate of drug-likeness (QED) is 0.478. The minimum Gasteiger partial charge on any atom is -0.459 e. The smallest absolute Gasteiger partial charge is 0.355 e. The molecule has 0 bridgehead atoms. The van der Waals surface area contributed by atoms with Crippen LogP contribution in [0.2, 0.25) is 0 Å². The first kappa shape index (κ1) is 14.4. The third kappa shape index (κ3) is 3.20. The van der Waals surface area contributed by atoms with Crippen LogP contribution in [0.15, 0.2) is 0 Å². The van der Waals surface area contributed by atoms with Crippen molar-refractivity contribution >= 4 is 11.8 Å². The van der Waals surface area contributed by atoms with Crippen LogP contribution in [0, 0.1) is 13.8 Å². The predicted molar refractivity (Wildman–Crippen MR) is 67.0 cm³/mol. The largest absolute Gasteiger partial charge is 0.459 e. The number of nitrogens with one attached hydrogen (secondary N) is 1. The number of aromatic amines is 1. The van der Waals surface area contributed by atoms with Crippen LogP contribution < -0.4 is 0 Å². The second kappa shape index (κ2) is 6.35. The fraction of sp³-hybridized carbons (Fsp3) is 0.538. The molecule has 1 N–H and O–H groups in total. The molecule has 1 aromatic heterocycles. The van der Waals surface area contributed by atoms with E-state index in [2.05, 4.69) is 4.98 Å². The van der Waals surface area contributed by atoms with Crippen molar-refractivity contribution in [2.45, 2.75) is 27.7 Å². The molecule has 0 radical (unpaired) electrons. The molecule has 0 fully saturated rings. The molecule has 0 amide bonds. The van der Waals surface area contributed by atoms with Crippen LogP contribution >= 0.6 is 0 Å². The number of Topliss-reactive ketones (excluding diaryl/α,β-unsaturated/α-hetero) is 1. The molecule has 5 heteroatoms. The monoisotopic (exact) mass is 253 g/mol. The fourth-order valence-corrected chi connectivity index (χ4v) is 1.89. The second-order valence-electron chi connectivity index (χ2n) is 4.01. The number of hydrogen-bond donors (Lipinski definition) is 1. The van der Waals surface area contributed by atoms with Crippen LogP contribution in [-0.4, -0.2) is 36.6 Å². The number of hydrogen-bond acceptors (Lipinski definition) is 4. The number of ketones is 1. The maximum Gasteiger partial charge on any atom is 0.355 e. The molecule has 0 atom stereocenters. The van der Waals surface area contributed by atoms with Crippen LogP contribution in [-0.2, 0) is 9.47 Å². The van der Waals surface area contributed by atoms with Gasteiger partial charge < -0.3 is 14.5 Å². The Bertz CT molecular complexity index is 448. The molecule has 1 aromatic rings. The topological polar surface area (TPSA) is 68.4 Å². The molecule has 0 unspecified atom stereocenters. The number of aromatic nitrogens is 1. The first-order valence-corrected chi connectivity index (χ1v) is 5.94. The van der Waals surface area contributed by atoms with E-state index in [4.69, 9.17) is 9.47 Å². The molecule has 0 aliphatic carbocycles. The first-order chi connectivity index (χ1) is 8.49. The Morgan fingerprint density at radius 2 is 1.89 bits per heavy atom. The van der Waals surface area contributed by atoms with Gasteiger partial charge in [0.2, 0.25) is 0 Å². The minimum absolute atomic E-state index is 0.0605. The van der Waals surface area contributed by atoms with E-state index in [1.807, 2.05) is 6.92 Å². The first-order valence-electron chi connectivity index (χ1n) is 5.94. The lowest BCUT2D eigenvalue weighted by atomic mass is 10.1. The van der Waals surface area contributed by atoms with E-state index in [1.165, 1.54) is 6.92 Å². The zero-order valence-electron chi connectivity index (χ0n) is 11.3. The molecular formula is C13H19NO4. The van der Waals surface area contributed by atoms with E-state index in [0.717, 1.165) is 0 Å². The Morgan fingerprint density at radius 3 is 2.39 bits per heavy atom. The molecule has 0 saturated heterocycles.